The second-order valence-corrected chi connectivity index (χ2v) is 3.86. The van der Waals surface area contributed by atoms with E-state index >= 15 is 0 Å². The molecule has 0 heterocycles. The number of aliphatic hydroxyl groups is 1. The number of benzene rings is 2. The van der Waals surface area contributed by atoms with Gasteiger partial charge >= 0.3 is 0 Å². The van der Waals surface area contributed by atoms with Crippen molar-refractivity contribution in [2.75, 3.05) is 6.61 Å². The highest BCUT2D eigenvalue weighted by Gasteiger charge is 2.05. The molecule has 0 aromatic heterocycles. The van der Waals surface area contributed by atoms with Gasteiger partial charge in [0.05, 0.1) is 0 Å². The maximum Gasteiger partial charge on any atom is 0.0402 e. The number of aliphatic hydroxyl groups excluding tert-OH is 1. The van der Waals surface area contributed by atoms with Crippen LogP contribution in [0.4, 0.5) is 0 Å². The monoisotopic (exact) mass is 228 g/mol. The summed E-state index contributed by atoms with van der Waals surface area (Å²) in [6.07, 6.45) is 0. The van der Waals surface area contributed by atoms with Gasteiger partial charge in [-0.2, -0.15) is 0 Å². The Bertz CT molecular complexity index is 355. The molecule has 2 rings (SSSR count). The molecule has 0 spiro atoms. The average Bonchev–Trinajstić information content (AvgIpc) is 2.41. The Labute approximate surface area is 104 Å². The average molecular weight is 228 g/mol. The predicted molar refractivity (Wildman–Crippen MR) is 73.2 cm³/mol. The van der Waals surface area contributed by atoms with Crippen LogP contribution in [-0.2, 0) is 0 Å². The molecule has 2 aromatic rings. The van der Waals surface area contributed by atoms with Crippen molar-refractivity contribution in [1.29, 1.82) is 0 Å². The topological polar surface area (TPSA) is 20.2 Å². The van der Waals surface area contributed by atoms with Crippen molar-refractivity contribution >= 4 is 0 Å². The molecule has 0 bridgehead atoms. The largest absolute Gasteiger partial charge is 0.397 e. The summed E-state index contributed by atoms with van der Waals surface area (Å²) in [5.74, 6) is 0.484. The van der Waals surface area contributed by atoms with Crippen molar-refractivity contribution < 1.29 is 5.11 Å². The van der Waals surface area contributed by atoms with Crippen LogP contribution in [0, 0.1) is 0 Å². The second-order valence-electron chi connectivity index (χ2n) is 3.86. The van der Waals surface area contributed by atoms with Gasteiger partial charge in [0.1, 0.15) is 0 Å². The zero-order valence-electron chi connectivity index (χ0n) is 10.5. The first-order valence-corrected chi connectivity index (χ1v) is 6.00. The molecular weight excluding hydrogens is 208 g/mol. The molecule has 1 N–H and O–H groups in total. The molecule has 1 nitrogen and oxygen atoms in total. The van der Waals surface area contributed by atoms with E-state index in [1.54, 1.807) is 6.92 Å². The normalized spacial score (nSPS) is 9.65. The molecule has 0 saturated carbocycles. The molecule has 0 amide bonds. The molecule has 0 atom stereocenters. The van der Waals surface area contributed by atoms with Gasteiger partial charge in [-0.3, -0.25) is 0 Å². The van der Waals surface area contributed by atoms with Gasteiger partial charge in [0.2, 0.25) is 0 Å². The summed E-state index contributed by atoms with van der Waals surface area (Å²) in [5.41, 5.74) is 2.75. The van der Waals surface area contributed by atoms with Gasteiger partial charge in [0, 0.05) is 12.5 Å². The Kier molecular flexibility index (Phi) is 6.05. The molecule has 0 aliphatic carbocycles. The lowest BCUT2D eigenvalue weighted by molar-refractivity contribution is 0.318. The van der Waals surface area contributed by atoms with E-state index in [9.17, 15) is 0 Å². The van der Waals surface area contributed by atoms with Crippen LogP contribution in [0.15, 0.2) is 60.7 Å². The van der Waals surface area contributed by atoms with Crippen molar-refractivity contribution in [2.45, 2.75) is 19.8 Å². The van der Waals surface area contributed by atoms with E-state index < -0.39 is 0 Å². The SMILES string of the molecule is CC(c1ccccc1)c1ccccc1.CCO. The maximum atomic E-state index is 7.57. The van der Waals surface area contributed by atoms with Gasteiger partial charge in [-0.25, -0.2) is 0 Å². The van der Waals surface area contributed by atoms with Gasteiger partial charge in [0.15, 0.2) is 0 Å². The quantitative estimate of drug-likeness (QED) is 0.828. The van der Waals surface area contributed by atoms with E-state index in [-0.39, 0.29) is 6.61 Å². The lowest BCUT2D eigenvalue weighted by atomic mass is 9.93. The zero-order chi connectivity index (χ0) is 12.5. The highest BCUT2D eigenvalue weighted by molar-refractivity contribution is 5.31. The smallest absolute Gasteiger partial charge is 0.0402 e. The zero-order valence-corrected chi connectivity index (χ0v) is 10.5. The third-order valence-corrected chi connectivity index (χ3v) is 2.60. The molecule has 0 aliphatic heterocycles. The summed E-state index contributed by atoms with van der Waals surface area (Å²) >= 11 is 0. The van der Waals surface area contributed by atoms with E-state index in [0.717, 1.165) is 0 Å². The maximum absolute atomic E-state index is 7.57. The van der Waals surface area contributed by atoms with Gasteiger partial charge < -0.3 is 5.11 Å². The first-order valence-electron chi connectivity index (χ1n) is 6.00. The molecule has 0 aliphatic rings. The minimum absolute atomic E-state index is 0.250. The summed E-state index contributed by atoms with van der Waals surface area (Å²) in [7, 11) is 0. The van der Waals surface area contributed by atoms with Crippen molar-refractivity contribution in [2.24, 2.45) is 0 Å². The van der Waals surface area contributed by atoms with E-state index in [4.69, 9.17) is 5.11 Å². The van der Waals surface area contributed by atoms with Gasteiger partial charge in [-0.15, -0.1) is 0 Å². The molecule has 2 aromatic carbocycles. The summed E-state index contributed by atoms with van der Waals surface area (Å²) in [6, 6.07) is 21.2. The fourth-order valence-corrected chi connectivity index (χ4v) is 1.68. The van der Waals surface area contributed by atoms with Crippen LogP contribution in [0.2, 0.25) is 0 Å². The molecular formula is C16H20O. The Morgan fingerprint density at radius 1 is 0.824 bits per heavy atom. The summed E-state index contributed by atoms with van der Waals surface area (Å²) < 4.78 is 0. The molecule has 0 unspecified atom stereocenters. The highest BCUT2D eigenvalue weighted by Crippen LogP contribution is 2.22. The second kappa shape index (κ2) is 7.64. The summed E-state index contributed by atoms with van der Waals surface area (Å²) in [4.78, 5) is 0. The summed E-state index contributed by atoms with van der Waals surface area (Å²) in [6.45, 7) is 4.17. The van der Waals surface area contributed by atoms with Crippen LogP contribution >= 0.6 is 0 Å². The van der Waals surface area contributed by atoms with E-state index in [1.807, 2.05) is 0 Å². The van der Waals surface area contributed by atoms with Crippen LogP contribution in [0.5, 0.6) is 0 Å². The van der Waals surface area contributed by atoms with Crippen LogP contribution in [0.1, 0.15) is 30.9 Å². The van der Waals surface area contributed by atoms with E-state index in [0.29, 0.717) is 5.92 Å². The first kappa shape index (κ1) is 13.5. The molecule has 0 saturated heterocycles. The standard InChI is InChI=1S/C14H14.C2H6O/c1-12(13-8-4-2-5-9-13)14-10-6-3-7-11-14;1-2-3/h2-12H,1H3;3H,2H2,1H3. The van der Waals surface area contributed by atoms with Crippen molar-refractivity contribution in [3.63, 3.8) is 0 Å². The van der Waals surface area contributed by atoms with Crippen molar-refractivity contribution in [1.82, 2.24) is 0 Å². The number of rotatable bonds is 2. The fraction of sp³-hybridized carbons (Fsp3) is 0.250. The van der Waals surface area contributed by atoms with Crippen molar-refractivity contribution in [3.05, 3.63) is 71.8 Å². The van der Waals surface area contributed by atoms with Crippen LogP contribution in [-0.4, -0.2) is 11.7 Å². The highest BCUT2D eigenvalue weighted by atomic mass is 16.2. The van der Waals surface area contributed by atoms with Gasteiger partial charge in [0.25, 0.3) is 0 Å². The van der Waals surface area contributed by atoms with Gasteiger partial charge in [-0.1, -0.05) is 67.6 Å². The minimum atomic E-state index is 0.250. The van der Waals surface area contributed by atoms with Gasteiger partial charge in [-0.05, 0) is 18.1 Å². The lowest BCUT2D eigenvalue weighted by Gasteiger charge is -2.11. The summed E-state index contributed by atoms with van der Waals surface area (Å²) in [5, 5.41) is 7.57. The molecule has 0 radical (unpaired) electrons. The predicted octanol–water partition coefficient (Wildman–Crippen LogP) is 3.84. The van der Waals surface area contributed by atoms with E-state index in [2.05, 4.69) is 67.6 Å². The Morgan fingerprint density at radius 3 is 1.41 bits per heavy atom. The van der Waals surface area contributed by atoms with Crippen molar-refractivity contribution in [3.8, 4) is 0 Å². The number of hydrogen-bond acceptors (Lipinski definition) is 1. The molecule has 1 heteroatoms. The third-order valence-electron chi connectivity index (χ3n) is 2.60. The third kappa shape index (κ3) is 4.41. The number of hydrogen-bond donors (Lipinski definition) is 1. The first-order chi connectivity index (χ1) is 8.29. The fourth-order valence-electron chi connectivity index (χ4n) is 1.68. The Balaban J connectivity index is 0.000000437. The van der Waals surface area contributed by atoms with Crippen LogP contribution in [0.3, 0.4) is 0 Å². The molecule has 90 valence electrons. The molecule has 17 heavy (non-hydrogen) atoms. The lowest BCUT2D eigenvalue weighted by Crippen LogP contribution is -1.94. The van der Waals surface area contributed by atoms with Crippen LogP contribution in [0.25, 0.3) is 0 Å². The molecule has 0 fully saturated rings. The Morgan fingerprint density at radius 2 is 1.12 bits per heavy atom. The Hall–Kier alpha value is -1.60. The minimum Gasteiger partial charge on any atom is -0.397 e. The van der Waals surface area contributed by atoms with E-state index in [1.165, 1.54) is 11.1 Å². The van der Waals surface area contributed by atoms with Crippen LogP contribution < -0.4 is 0 Å².